The molecule has 0 N–H and O–H groups in total. The van der Waals surface area contributed by atoms with Crippen molar-refractivity contribution in [3.05, 3.63) is 65.2 Å². The summed E-state index contributed by atoms with van der Waals surface area (Å²) < 4.78 is 0.743. The molecule has 0 aliphatic rings. The first-order valence-electron chi connectivity index (χ1n) is 5.60. The van der Waals surface area contributed by atoms with E-state index in [2.05, 4.69) is 0 Å². The molecule has 2 aromatic rings. The van der Waals surface area contributed by atoms with Crippen molar-refractivity contribution in [2.24, 2.45) is 0 Å². The molecule has 1 atom stereocenters. The topological polar surface area (TPSA) is 17.1 Å². The third-order valence-electron chi connectivity index (χ3n) is 2.72. The van der Waals surface area contributed by atoms with Crippen LogP contribution in [0.2, 0.25) is 5.02 Å². The van der Waals surface area contributed by atoms with E-state index in [-0.39, 0.29) is 15.0 Å². The molecule has 2 rings (SSSR count). The molecule has 92 valence electrons. The average molecular weight is 324 g/mol. The minimum atomic E-state index is -0.428. The van der Waals surface area contributed by atoms with Crippen molar-refractivity contribution in [2.75, 3.05) is 0 Å². The molecule has 0 spiro atoms. The number of halogens is 1. The quantitative estimate of drug-likeness (QED) is 0.624. The molecule has 0 aliphatic heterocycles. The first-order chi connectivity index (χ1) is 8.64. The van der Waals surface area contributed by atoms with Crippen LogP contribution in [0.1, 0.15) is 12.5 Å². The molecule has 0 unspecified atom stereocenters. The molecule has 0 aliphatic carbocycles. The minimum absolute atomic E-state index is 0.0424. The van der Waals surface area contributed by atoms with Gasteiger partial charge in [0.2, 0.25) is 0 Å². The first kappa shape index (κ1) is 13.4. The number of aldehydes is 1. The summed E-state index contributed by atoms with van der Waals surface area (Å²) in [6, 6.07) is 17.6. The van der Waals surface area contributed by atoms with Crippen LogP contribution in [0.15, 0.2) is 54.6 Å². The Morgan fingerprint density at radius 3 is 2.22 bits per heavy atom. The Labute approximate surface area is 118 Å². The van der Waals surface area contributed by atoms with Crippen LogP contribution in [-0.2, 0) is 9.11 Å². The van der Waals surface area contributed by atoms with Gasteiger partial charge >= 0.3 is 119 Å². The third-order valence-corrected chi connectivity index (χ3v) is 5.62. The van der Waals surface area contributed by atoms with Gasteiger partial charge < -0.3 is 0 Å². The summed E-state index contributed by atoms with van der Waals surface area (Å²) in [4.78, 5) is 11.5. The summed E-state index contributed by atoms with van der Waals surface area (Å²) in [5.41, 5.74) is 1.06. The molecule has 0 saturated heterocycles. The maximum atomic E-state index is 11.5. The number of carbonyl (C=O) groups excluding carboxylic acids is 1. The maximum absolute atomic E-state index is 11.5. The van der Waals surface area contributed by atoms with Crippen LogP contribution >= 0.6 is 11.6 Å². The van der Waals surface area contributed by atoms with Gasteiger partial charge in [0.05, 0.1) is 0 Å². The number of hydrogen-bond acceptors (Lipinski definition) is 1. The summed E-state index contributed by atoms with van der Waals surface area (Å²) in [5.74, 6) is 0. The monoisotopic (exact) mass is 324 g/mol. The normalized spacial score (nSPS) is 13.9. The van der Waals surface area contributed by atoms with Crippen molar-refractivity contribution in [1.82, 2.24) is 0 Å². The van der Waals surface area contributed by atoms with Crippen LogP contribution < -0.4 is 4.46 Å². The van der Waals surface area contributed by atoms with E-state index in [1.54, 1.807) is 0 Å². The van der Waals surface area contributed by atoms with Gasteiger partial charge in [-0.2, -0.15) is 0 Å². The van der Waals surface area contributed by atoms with Crippen LogP contribution in [0.25, 0.3) is 0 Å². The summed E-state index contributed by atoms with van der Waals surface area (Å²) in [5, 5.41) is 0.724. The Hall–Kier alpha value is -1.08. The Morgan fingerprint density at radius 1 is 1.06 bits per heavy atom. The second-order valence-corrected chi connectivity index (χ2v) is 7.78. The molecule has 1 nitrogen and oxygen atoms in total. The van der Waals surface area contributed by atoms with E-state index < -0.39 is 4.31 Å². The first-order valence-corrected chi connectivity index (χ1v) is 7.69. The van der Waals surface area contributed by atoms with E-state index in [9.17, 15) is 4.79 Å². The summed E-state index contributed by atoms with van der Waals surface area (Å²) in [6.07, 6.45) is 1.05. The van der Waals surface area contributed by atoms with Gasteiger partial charge in [-0.25, -0.2) is 0 Å². The number of carbonyl (C=O) groups is 1. The molecule has 2 aromatic carbocycles. The molecular weight excluding hydrogens is 311 g/mol. The fourth-order valence-corrected chi connectivity index (χ4v) is 4.03. The van der Waals surface area contributed by atoms with Crippen molar-refractivity contribution in [3.8, 4) is 0 Å². The Morgan fingerprint density at radius 2 is 1.67 bits per heavy atom. The predicted molar refractivity (Wildman–Crippen MR) is 76.7 cm³/mol. The molecule has 0 fully saturated rings. The van der Waals surface area contributed by atoms with Gasteiger partial charge in [-0.3, -0.25) is 0 Å². The standard InChI is InChI=1S/C15H13ClOSe/c1-15(11-17,12-5-3-2-4-6-12)18-14-9-7-13(16)8-10-14/h2-11H,1H3/t15-/m1/s1. The van der Waals surface area contributed by atoms with E-state index in [1.165, 1.54) is 4.46 Å². The van der Waals surface area contributed by atoms with Gasteiger partial charge in [-0.05, 0) is 0 Å². The van der Waals surface area contributed by atoms with Crippen LogP contribution in [0.3, 0.4) is 0 Å². The molecule has 0 bridgehead atoms. The van der Waals surface area contributed by atoms with Gasteiger partial charge in [0.15, 0.2) is 0 Å². The van der Waals surface area contributed by atoms with Gasteiger partial charge in [0, 0.05) is 0 Å². The van der Waals surface area contributed by atoms with Crippen LogP contribution in [0.5, 0.6) is 0 Å². The Balaban J connectivity index is 2.29. The summed E-state index contributed by atoms with van der Waals surface area (Å²) in [7, 11) is 0. The van der Waals surface area contributed by atoms with E-state index in [0.717, 1.165) is 16.9 Å². The fraction of sp³-hybridized carbons (Fsp3) is 0.133. The van der Waals surface area contributed by atoms with Gasteiger partial charge in [0.25, 0.3) is 0 Å². The molecule has 0 radical (unpaired) electrons. The molecular formula is C15H13ClOSe. The molecule has 0 aromatic heterocycles. The SMILES string of the molecule is C[C@](C=O)([Se]c1ccc(Cl)cc1)c1ccccc1. The van der Waals surface area contributed by atoms with Crippen molar-refractivity contribution in [1.29, 1.82) is 0 Å². The average Bonchev–Trinajstić information content (AvgIpc) is 2.42. The fourth-order valence-electron chi connectivity index (χ4n) is 1.67. The van der Waals surface area contributed by atoms with Crippen LogP contribution in [0.4, 0.5) is 0 Å². The molecule has 18 heavy (non-hydrogen) atoms. The van der Waals surface area contributed by atoms with Gasteiger partial charge in [0.1, 0.15) is 0 Å². The number of hydrogen-bond donors (Lipinski definition) is 0. The number of benzene rings is 2. The van der Waals surface area contributed by atoms with Crippen LogP contribution in [0, 0.1) is 0 Å². The van der Waals surface area contributed by atoms with E-state index >= 15 is 0 Å². The summed E-state index contributed by atoms with van der Waals surface area (Å²) in [6.45, 7) is 1.99. The third kappa shape index (κ3) is 3.02. The summed E-state index contributed by atoms with van der Waals surface area (Å²) >= 11 is 5.91. The Bertz CT molecular complexity index is 524. The van der Waals surface area contributed by atoms with Crippen molar-refractivity contribution in [2.45, 2.75) is 11.2 Å². The van der Waals surface area contributed by atoms with Gasteiger partial charge in [-0.15, -0.1) is 0 Å². The molecule has 3 heteroatoms. The molecule has 0 amide bonds. The van der Waals surface area contributed by atoms with Crippen molar-refractivity contribution in [3.63, 3.8) is 0 Å². The van der Waals surface area contributed by atoms with Crippen molar-refractivity contribution >= 4 is 37.3 Å². The van der Waals surface area contributed by atoms with E-state index in [4.69, 9.17) is 11.6 Å². The zero-order valence-electron chi connectivity index (χ0n) is 9.97. The predicted octanol–water partition coefficient (Wildman–Crippen LogP) is 2.78. The van der Waals surface area contributed by atoms with Crippen LogP contribution in [-0.4, -0.2) is 21.2 Å². The second kappa shape index (κ2) is 5.71. The zero-order valence-corrected chi connectivity index (χ0v) is 12.4. The Kier molecular flexibility index (Phi) is 4.23. The number of rotatable bonds is 4. The van der Waals surface area contributed by atoms with Crippen molar-refractivity contribution < 1.29 is 4.79 Å². The zero-order chi connectivity index (χ0) is 13.0. The second-order valence-electron chi connectivity index (χ2n) is 4.15. The molecule has 0 saturated carbocycles. The van der Waals surface area contributed by atoms with E-state index in [0.29, 0.717) is 0 Å². The molecule has 0 heterocycles. The van der Waals surface area contributed by atoms with Gasteiger partial charge in [-0.1, -0.05) is 0 Å². The van der Waals surface area contributed by atoms with E-state index in [1.807, 2.05) is 61.5 Å².